The van der Waals surface area contributed by atoms with Crippen molar-refractivity contribution in [3.63, 3.8) is 0 Å². The molecule has 188 valence electrons. The van der Waals surface area contributed by atoms with Gasteiger partial charge in [0.1, 0.15) is 13.2 Å². The van der Waals surface area contributed by atoms with Crippen LogP contribution in [0.5, 0.6) is 23.0 Å². The van der Waals surface area contributed by atoms with Gasteiger partial charge in [-0.15, -0.1) is 0 Å². The predicted octanol–water partition coefficient (Wildman–Crippen LogP) is 3.27. The fourth-order valence-corrected chi connectivity index (χ4v) is 3.05. The molecule has 35 heavy (non-hydrogen) atoms. The van der Waals surface area contributed by atoms with Crippen molar-refractivity contribution in [1.29, 1.82) is 0 Å². The topological polar surface area (TPSA) is 123 Å². The second-order valence-electron chi connectivity index (χ2n) is 7.52. The summed E-state index contributed by atoms with van der Waals surface area (Å²) in [6.45, 7) is 5.39. The zero-order valence-corrected chi connectivity index (χ0v) is 20.5. The van der Waals surface area contributed by atoms with E-state index in [0.29, 0.717) is 55.9 Å². The zero-order valence-electron chi connectivity index (χ0n) is 20.5. The van der Waals surface area contributed by atoms with Crippen molar-refractivity contribution in [3.05, 3.63) is 59.7 Å². The van der Waals surface area contributed by atoms with Crippen LogP contribution in [0, 0.1) is 5.92 Å². The van der Waals surface area contributed by atoms with E-state index in [1.807, 2.05) is 13.0 Å². The molecule has 0 aliphatic heterocycles. The molecule has 1 atom stereocenters. The molecule has 2 rings (SSSR count). The van der Waals surface area contributed by atoms with E-state index < -0.39 is 5.92 Å². The fourth-order valence-electron chi connectivity index (χ4n) is 3.05. The number of hydrogen-bond acceptors (Lipinski definition) is 8. The van der Waals surface area contributed by atoms with Crippen molar-refractivity contribution < 1.29 is 28.5 Å². The number of rotatable bonds is 15. The number of carbonyl (C=O) groups is 2. The molecule has 8 heteroatoms. The fraction of sp³-hybridized carbons (Fsp3) is 0.333. The third kappa shape index (κ3) is 8.59. The number of carbonyl (C=O) groups excluding carboxylic acids is 2. The average Bonchev–Trinajstić information content (AvgIpc) is 2.88. The summed E-state index contributed by atoms with van der Waals surface area (Å²) in [7, 11) is 1.55. The average molecular weight is 483 g/mol. The maximum atomic E-state index is 12.6. The first-order valence-corrected chi connectivity index (χ1v) is 11.5. The van der Waals surface area contributed by atoms with Crippen molar-refractivity contribution in [2.24, 2.45) is 17.4 Å². The van der Waals surface area contributed by atoms with Gasteiger partial charge in [0.05, 0.1) is 19.6 Å². The molecule has 2 aromatic rings. The monoisotopic (exact) mass is 482 g/mol. The van der Waals surface area contributed by atoms with Crippen molar-refractivity contribution in [2.45, 2.75) is 13.8 Å². The summed E-state index contributed by atoms with van der Waals surface area (Å²) in [5.74, 6) is 0.822. The van der Waals surface area contributed by atoms with E-state index >= 15 is 0 Å². The van der Waals surface area contributed by atoms with Gasteiger partial charge in [0.15, 0.2) is 34.6 Å². The number of nitrogens with two attached hydrogens (primary N) is 2. The number of ether oxygens (including phenoxy) is 4. The SMILES string of the molecule is CCOc1ccc(/C=C/C(=O)C(C)C(=O)/C=C/c2ccc(OCCN)c(OCCN)c2)cc1OC. The molecule has 0 radical (unpaired) electrons. The predicted molar refractivity (Wildman–Crippen MR) is 137 cm³/mol. The first-order chi connectivity index (χ1) is 16.9. The summed E-state index contributed by atoms with van der Waals surface area (Å²) < 4.78 is 22.0. The van der Waals surface area contributed by atoms with Crippen LogP contribution in [-0.4, -0.2) is 51.6 Å². The number of hydrogen-bond donors (Lipinski definition) is 2. The van der Waals surface area contributed by atoms with Crippen LogP contribution in [0.2, 0.25) is 0 Å². The summed E-state index contributed by atoms with van der Waals surface area (Å²) in [5.41, 5.74) is 12.5. The maximum absolute atomic E-state index is 12.6. The minimum Gasteiger partial charge on any atom is -0.493 e. The molecule has 0 saturated carbocycles. The van der Waals surface area contributed by atoms with Gasteiger partial charge < -0.3 is 30.4 Å². The van der Waals surface area contributed by atoms with Gasteiger partial charge in [0.25, 0.3) is 0 Å². The molecule has 0 heterocycles. The van der Waals surface area contributed by atoms with E-state index in [0.717, 1.165) is 11.1 Å². The van der Waals surface area contributed by atoms with Crippen LogP contribution in [0.25, 0.3) is 12.2 Å². The third-order valence-electron chi connectivity index (χ3n) is 4.94. The Morgan fingerprint density at radius 3 is 1.77 bits per heavy atom. The van der Waals surface area contributed by atoms with Crippen LogP contribution >= 0.6 is 0 Å². The van der Waals surface area contributed by atoms with Gasteiger partial charge in [-0.1, -0.05) is 24.3 Å². The molecule has 0 fully saturated rings. The Hall–Kier alpha value is -3.62. The molecule has 0 spiro atoms. The van der Waals surface area contributed by atoms with E-state index in [-0.39, 0.29) is 11.6 Å². The summed E-state index contributed by atoms with van der Waals surface area (Å²) >= 11 is 0. The summed E-state index contributed by atoms with van der Waals surface area (Å²) in [5, 5.41) is 0. The number of ketones is 2. The van der Waals surface area contributed by atoms with Crippen LogP contribution in [0.15, 0.2) is 48.6 Å². The van der Waals surface area contributed by atoms with Gasteiger partial charge in [0.2, 0.25) is 0 Å². The highest BCUT2D eigenvalue weighted by atomic mass is 16.5. The number of methoxy groups -OCH3 is 1. The maximum Gasteiger partial charge on any atom is 0.166 e. The van der Waals surface area contributed by atoms with E-state index in [1.54, 1.807) is 56.5 Å². The summed E-state index contributed by atoms with van der Waals surface area (Å²) in [6.07, 6.45) is 6.07. The van der Waals surface area contributed by atoms with Crippen molar-refractivity contribution in [3.8, 4) is 23.0 Å². The Balaban J connectivity index is 2.06. The Morgan fingerprint density at radius 2 is 1.29 bits per heavy atom. The number of allylic oxidation sites excluding steroid dienone is 2. The van der Waals surface area contributed by atoms with E-state index in [4.69, 9.17) is 30.4 Å². The normalized spacial score (nSPS) is 12.0. The highest BCUT2D eigenvalue weighted by Crippen LogP contribution is 2.30. The largest absolute Gasteiger partial charge is 0.493 e. The molecule has 0 aromatic heterocycles. The van der Waals surface area contributed by atoms with E-state index in [1.165, 1.54) is 12.2 Å². The molecule has 0 amide bonds. The molecule has 0 saturated heterocycles. The Labute approximate surface area is 206 Å². The van der Waals surface area contributed by atoms with Crippen LogP contribution in [-0.2, 0) is 9.59 Å². The Bertz CT molecular complexity index is 1050. The minimum absolute atomic E-state index is 0.301. The molecule has 1 unspecified atom stereocenters. The Morgan fingerprint density at radius 1 is 0.800 bits per heavy atom. The lowest BCUT2D eigenvalue weighted by atomic mass is 9.99. The van der Waals surface area contributed by atoms with Gasteiger partial charge in [-0.3, -0.25) is 9.59 Å². The number of benzene rings is 2. The standard InChI is InChI=1S/C27H34N2O6/c1-4-33-24-11-7-20(17-26(24)32-3)5-9-22(30)19(2)23(31)10-6-21-8-12-25(34-15-13-28)27(18-21)35-16-14-29/h5-12,17-19H,4,13-16,28-29H2,1-3H3/b9-5+,10-6+. The molecule has 8 nitrogen and oxygen atoms in total. The molecule has 4 N–H and O–H groups in total. The zero-order chi connectivity index (χ0) is 25.6. The van der Waals surface area contributed by atoms with Crippen molar-refractivity contribution >= 4 is 23.7 Å². The van der Waals surface area contributed by atoms with Crippen LogP contribution in [0.1, 0.15) is 25.0 Å². The van der Waals surface area contributed by atoms with Crippen LogP contribution in [0.3, 0.4) is 0 Å². The minimum atomic E-state index is -0.827. The summed E-state index contributed by atoms with van der Waals surface area (Å²) in [4.78, 5) is 25.1. The molecule has 0 aliphatic carbocycles. The van der Waals surface area contributed by atoms with E-state index in [2.05, 4.69) is 0 Å². The molecule has 0 bridgehead atoms. The highest BCUT2D eigenvalue weighted by molar-refractivity contribution is 6.13. The van der Waals surface area contributed by atoms with Crippen LogP contribution < -0.4 is 30.4 Å². The molecule has 0 aliphatic rings. The lowest BCUT2D eigenvalue weighted by Gasteiger charge is -2.12. The van der Waals surface area contributed by atoms with Crippen molar-refractivity contribution in [1.82, 2.24) is 0 Å². The van der Waals surface area contributed by atoms with Gasteiger partial charge >= 0.3 is 0 Å². The van der Waals surface area contributed by atoms with Gasteiger partial charge in [-0.2, -0.15) is 0 Å². The lowest BCUT2D eigenvalue weighted by Crippen LogP contribution is -2.17. The van der Waals surface area contributed by atoms with Gasteiger partial charge in [-0.25, -0.2) is 0 Å². The third-order valence-corrected chi connectivity index (χ3v) is 4.94. The van der Waals surface area contributed by atoms with E-state index in [9.17, 15) is 9.59 Å². The molecular weight excluding hydrogens is 448 g/mol. The summed E-state index contributed by atoms with van der Waals surface area (Å²) in [6, 6.07) is 10.6. The van der Waals surface area contributed by atoms with Gasteiger partial charge in [0, 0.05) is 13.1 Å². The Kier molecular flexibility index (Phi) is 11.5. The smallest absolute Gasteiger partial charge is 0.166 e. The molecular formula is C27H34N2O6. The van der Waals surface area contributed by atoms with Crippen molar-refractivity contribution in [2.75, 3.05) is 40.0 Å². The molecule has 2 aromatic carbocycles. The van der Waals surface area contributed by atoms with Crippen LogP contribution in [0.4, 0.5) is 0 Å². The quantitative estimate of drug-likeness (QED) is 0.293. The second kappa shape index (κ2) is 14.6. The first kappa shape index (κ1) is 27.6. The lowest BCUT2D eigenvalue weighted by molar-refractivity contribution is -0.126. The second-order valence-corrected chi connectivity index (χ2v) is 7.52. The highest BCUT2D eigenvalue weighted by Gasteiger charge is 2.17. The van der Waals surface area contributed by atoms with Gasteiger partial charge in [-0.05, 0) is 61.4 Å². The first-order valence-electron chi connectivity index (χ1n) is 11.5.